The van der Waals surface area contributed by atoms with Crippen LogP contribution in [0.1, 0.15) is 46.1 Å². The molecule has 2 aromatic carbocycles. The molecular formula is C31H35ClN4O5. The van der Waals surface area contributed by atoms with Crippen molar-refractivity contribution in [2.45, 2.75) is 38.4 Å². The maximum atomic E-state index is 13.5. The number of benzene rings is 2. The van der Waals surface area contributed by atoms with Gasteiger partial charge in [0.1, 0.15) is 5.75 Å². The fourth-order valence-electron chi connectivity index (χ4n) is 5.62. The highest BCUT2D eigenvalue weighted by atomic mass is 35.5. The zero-order valence-electron chi connectivity index (χ0n) is 23.3. The van der Waals surface area contributed by atoms with E-state index < -0.39 is 5.97 Å². The highest BCUT2D eigenvalue weighted by Crippen LogP contribution is 2.35. The fraction of sp³-hybridized carbons (Fsp3) is 0.387. The van der Waals surface area contributed by atoms with Crippen molar-refractivity contribution in [1.29, 1.82) is 0 Å². The molecule has 2 aliphatic heterocycles. The van der Waals surface area contributed by atoms with Gasteiger partial charge in [-0.2, -0.15) is 0 Å². The van der Waals surface area contributed by atoms with Crippen LogP contribution in [-0.4, -0.2) is 82.7 Å². The number of carbonyl (C=O) groups is 2. The molecular weight excluding hydrogens is 544 g/mol. The summed E-state index contributed by atoms with van der Waals surface area (Å²) in [6.07, 6.45) is 1.78. The first-order valence-corrected chi connectivity index (χ1v) is 14.2. The van der Waals surface area contributed by atoms with E-state index >= 15 is 0 Å². The molecule has 0 aliphatic carbocycles. The second-order valence-electron chi connectivity index (χ2n) is 10.5. The topological polar surface area (TPSA) is 95.4 Å². The minimum Gasteiger partial charge on any atom is -0.478 e. The summed E-state index contributed by atoms with van der Waals surface area (Å²) >= 11 is 6.31. The van der Waals surface area contributed by atoms with Gasteiger partial charge in [-0.15, -0.1) is 0 Å². The van der Waals surface area contributed by atoms with Gasteiger partial charge in [-0.1, -0.05) is 29.8 Å². The van der Waals surface area contributed by atoms with Crippen molar-refractivity contribution in [3.8, 4) is 11.6 Å². The molecule has 0 bridgehead atoms. The Hall–Kier alpha value is -3.66. The van der Waals surface area contributed by atoms with Crippen molar-refractivity contribution in [1.82, 2.24) is 19.7 Å². The number of aryl methyl sites for hydroxylation is 1. The molecule has 2 aliphatic rings. The highest BCUT2D eigenvalue weighted by molar-refractivity contribution is 6.30. The maximum absolute atomic E-state index is 13.5. The van der Waals surface area contributed by atoms with E-state index in [1.54, 1.807) is 19.2 Å². The first-order valence-electron chi connectivity index (χ1n) is 13.8. The molecule has 10 heteroatoms. The number of carbonyl (C=O) groups excluding carboxylic acids is 1. The summed E-state index contributed by atoms with van der Waals surface area (Å²) in [5.41, 5.74) is 3.28. The number of halogens is 1. The molecule has 2 fully saturated rings. The van der Waals surface area contributed by atoms with Crippen molar-refractivity contribution < 1.29 is 24.2 Å². The molecule has 5 rings (SSSR count). The summed E-state index contributed by atoms with van der Waals surface area (Å²) in [5, 5.41) is 9.75. The van der Waals surface area contributed by atoms with Gasteiger partial charge in [0.2, 0.25) is 5.88 Å². The quantitative estimate of drug-likeness (QED) is 0.333. The minimum absolute atomic E-state index is 0.0334. The third kappa shape index (κ3) is 6.81. The summed E-state index contributed by atoms with van der Waals surface area (Å²) in [6, 6.07) is 18.1. The first kappa shape index (κ1) is 28.9. The molecule has 1 unspecified atom stereocenters. The Kier molecular flexibility index (Phi) is 9.07. The number of hydrogen-bond donors (Lipinski definition) is 1. The van der Waals surface area contributed by atoms with E-state index in [2.05, 4.69) is 20.9 Å². The number of likely N-dealkylation sites (tertiary alicyclic amines) is 1. The van der Waals surface area contributed by atoms with Gasteiger partial charge >= 0.3 is 12.0 Å². The fourth-order valence-corrected chi connectivity index (χ4v) is 5.82. The molecule has 1 atom stereocenters. The number of amides is 2. The largest absolute Gasteiger partial charge is 0.478 e. The lowest BCUT2D eigenvalue weighted by Gasteiger charge is -2.39. The van der Waals surface area contributed by atoms with Crippen LogP contribution in [-0.2, 0) is 11.3 Å². The Balaban J connectivity index is 1.21. The van der Waals surface area contributed by atoms with Crippen molar-refractivity contribution in [3.63, 3.8) is 0 Å². The zero-order valence-corrected chi connectivity index (χ0v) is 24.1. The number of methoxy groups -OCH3 is 1. The normalized spacial score (nSPS) is 18.2. The van der Waals surface area contributed by atoms with Gasteiger partial charge < -0.3 is 24.4 Å². The molecule has 2 saturated heterocycles. The van der Waals surface area contributed by atoms with Crippen LogP contribution >= 0.6 is 11.6 Å². The van der Waals surface area contributed by atoms with E-state index in [1.165, 1.54) is 12.1 Å². The Bertz CT molecular complexity index is 1380. The van der Waals surface area contributed by atoms with Gasteiger partial charge in [0.25, 0.3) is 0 Å². The minimum atomic E-state index is -0.976. The van der Waals surface area contributed by atoms with E-state index in [4.69, 9.17) is 26.2 Å². The molecule has 41 heavy (non-hydrogen) atoms. The third-order valence-electron chi connectivity index (χ3n) is 7.86. The average molecular weight is 579 g/mol. The lowest BCUT2D eigenvalue weighted by Crippen LogP contribution is -2.47. The summed E-state index contributed by atoms with van der Waals surface area (Å²) in [6.45, 7) is 6.20. The molecule has 1 N–H and O–H groups in total. The zero-order chi connectivity index (χ0) is 28.9. The molecule has 3 heterocycles. The lowest BCUT2D eigenvalue weighted by molar-refractivity contribution is 0.0696. The monoisotopic (exact) mass is 578 g/mol. The summed E-state index contributed by atoms with van der Waals surface area (Å²) in [7, 11) is 1.65. The third-order valence-corrected chi connectivity index (χ3v) is 8.09. The molecule has 0 radical (unpaired) electrons. The summed E-state index contributed by atoms with van der Waals surface area (Å²) < 4.78 is 11.1. The predicted molar refractivity (Wildman–Crippen MR) is 156 cm³/mol. The number of piperidine rings is 1. The van der Waals surface area contributed by atoms with Crippen LogP contribution in [0.25, 0.3) is 0 Å². The first-order chi connectivity index (χ1) is 19.8. The van der Waals surface area contributed by atoms with Crippen molar-refractivity contribution in [2.24, 2.45) is 0 Å². The molecule has 9 nitrogen and oxygen atoms in total. The van der Waals surface area contributed by atoms with Crippen molar-refractivity contribution in [3.05, 3.63) is 88.1 Å². The van der Waals surface area contributed by atoms with Crippen LogP contribution in [0.5, 0.6) is 11.6 Å². The smallest absolute Gasteiger partial charge is 0.335 e. The molecule has 0 saturated carbocycles. The van der Waals surface area contributed by atoms with Gasteiger partial charge in [0, 0.05) is 62.7 Å². The molecule has 0 spiro atoms. The number of rotatable bonds is 10. The SMILES string of the molecule is COCCN1CC(c2cccc(Cl)c2)N(C2CCN(Cc3ccc(Oc4ccc(C(=O)O)cc4)nc3C)CC2)C1=O. The lowest BCUT2D eigenvalue weighted by atomic mass is 9.98. The van der Waals surface area contributed by atoms with Crippen LogP contribution in [0.4, 0.5) is 4.79 Å². The Morgan fingerprint density at radius 3 is 2.51 bits per heavy atom. The number of pyridine rings is 1. The number of carboxylic acids is 1. The van der Waals surface area contributed by atoms with Crippen molar-refractivity contribution in [2.75, 3.05) is 39.9 Å². The Labute approximate surface area is 245 Å². The summed E-state index contributed by atoms with van der Waals surface area (Å²) in [4.78, 5) is 35.6. The van der Waals surface area contributed by atoms with Gasteiger partial charge in [-0.3, -0.25) is 4.90 Å². The maximum Gasteiger partial charge on any atom is 0.335 e. The number of urea groups is 1. The molecule has 216 valence electrons. The predicted octanol–water partition coefficient (Wildman–Crippen LogP) is 5.62. The number of carboxylic acid groups (broad SMARTS) is 1. The summed E-state index contributed by atoms with van der Waals surface area (Å²) in [5.74, 6) is 0.0200. The number of aromatic nitrogens is 1. The number of aromatic carboxylic acids is 1. The average Bonchev–Trinajstić information content (AvgIpc) is 3.30. The van der Waals surface area contributed by atoms with Crippen LogP contribution in [0.15, 0.2) is 60.7 Å². The van der Waals surface area contributed by atoms with E-state index in [9.17, 15) is 9.59 Å². The van der Waals surface area contributed by atoms with Crippen LogP contribution in [0.2, 0.25) is 5.02 Å². The number of hydrogen-bond acceptors (Lipinski definition) is 6. The number of nitrogens with zero attached hydrogens (tertiary/aromatic N) is 4. The highest BCUT2D eigenvalue weighted by Gasteiger charge is 2.42. The Morgan fingerprint density at radius 1 is 1.10 bits per heavy atom. The van der Waals surface area contributed by atoms with Crippen LogP contribution in [0, 0.1) is 6.92 Å². The van der Waals surface area contributed by atoms with Crippen LogP contribution in [0.3, 0.4) is 0 Å². The molecule has 1 aromatic heterocycles. The van der Waals surface area contributed by atoms with E-state index in [-0.39, 0.29) is 23.7 Å². The van der Waals surface area contributed by atoms with E-state index in [1.807, 2.05) is 42.2 Å². The van der Waals surface area contributed by atoms with E-state index in [0.717, 1.165) is 49.3 Å². The number of ether oxygens (including phenoxy) is 2. The second-order valence-corrected chi connectivity index (χ2v) is 11.0. The second kappa shape index (κ2) is 12.9. The van der Waals surface area contributed by atoms with Gasteiger partial charge in [0.15, 0.2) is 0 Å². The van der Waals surface area contributed by atoms with Gasteiger partial charge in [-0.25, -0.2) is 14.6 Å². The van der Waals surface area contributed by atoms with E-state index in [0.29, 0.717) is 36.3 Å². The molecule has 2 amide bonds. The standard InChI is InChI=1S/C31H35ClN4O5/c1-21-24(8-11-29(33-21)41-27-9-6-22(7-10-27)30(37)38)19-34-14-12-26(13-15-34)36-28(23-4-3-5-25(32)18-23)20-35(31(36)39)16-17-40-2/h3-11,18,26,28H,12-17,19-20H2,1-2H3,(H,37,38). The molecule has 3 aromatic rings. The van der Waals surface area contributed by atoms with Crippen LogP contribution < -0.4 is 4.74 Å². The van der Waals surface area contributed by atoms with Crippen molar-refractivity contribution >= 4 is 23.6 Å². The van der Waals surface area contributed by atoms with Gasteiger partial charge in [-0.05, 0) is 67.3 Å². The Morgan fingerprint density at radius 2 is 1.85 bits per heavy atom. The van der Waals surface area contributed by atoms with Gasteiger partial charge in [0.05, 0.1) is 18.2 Å².